The number of aryl methyl sites for hydroxylation is 1. The zero-order valence-electron chi connectivity index (χ0n) is 9.73. The number of aromatic nitrogens is 3. The SMILES string of the molecule is Cc1c(C(C)(C)C(=O)O)nc2ccc(Cl)nn12. The predicted octanol–water partition coefficient (Wildman–Crippen LogP) is 2.05. The van der Waals surface area contributed by atoms with Crippen LogP contribution in [0.5, 0.6) is 0 Å². The number of carbonyl (C=O) groups is 1. The van der Waals surface area contributed by atoms with Gasteiger partial charge >= 0.3 is 5.97 Å². The number of fused-ring (bicyclic) bond motifs is 1. The van der Waals surface area contributed by atoms with Crippen LogP contribution in [0, 0.1) is 6.92 Å². The number of nitrogens with zero attached hydrogens (tertiary/aromatic N) is 3. The lowest BCUT2D eigenvalue weighted by molar-refractivity contribution is -0.142. The first-order valence-corrected chi connectivity index (χ1v) is 5.47. The summed E-state index contributed by atoms with van der Waals surface area (Å²) in [6.45, 7) is 5.01. The van der Waals surface area contributed by atoms with Crippen molar-refractivity contribution in [1.29, 1.82) is 0 Å². The highest BCUT2D eigenvalue weighted by Crippen LogP contribution is 2.26. The lowest BCUT2D eigenvalue weighted by Crippen LogP contribution is -2.29. The summed E-state index contributed by atoms with van der Waals surface area (Å²) in [7, 11) is 0. The summed E-state index contributed by atoms with van der Waals surface area (Å²) in [6.07, 6.45) is 0. The summed E-state index contributed by atoms with van der Waals surface area (Å²) >= 11 is 5.80. The quantitative estimate of drug-likeness (QED) is 0.890. The summed E-state index contributed by atoms with van der Waals surface area (Å²) in [5.74, 6) is -0.921. The van der Waals surface area contributed by atoms with Gasteiger partial charge in [0.2, 0.25) is 0 Å². The van der Waals surface area contributed by atoms with Gasteiger partial charge in [0.25, 0.3) is 0 Å². The van der Waals surface area contributed by atoms with Crippen molar-refractivity contribution in [2.24, 2.45) is 0 Å². The van der Waals surface area contributed by atoms with Gasteiger partial charge in [-0.2, -0.15) is 5.10 Å². The van der Waals surface area contributed by atoms with Crippen LogP contribution in [0.3, 0.4) is 0 Å². The van der Waals surface area contributed by atoms with Crippen molar-refractivity contribution < 1.29 is 9.90 Å². The van der Waals surface area contributed by atoms with Gasteiger partial charge < -0.3 is 5.11 Å². The van der Waals surface area contributed by atoms with E-state index in [1.54, 1.807) is 37.4 Å². The molecule has 90 valence electrons. The van der Waals surface area contributed by atoms with Gasteiger partial charge in [-0.15, -0.1) is 0 Å². The van der Waals surface area contributed by atoms with Crippen LogP contribution in [0.1, 0.15) is 25.2 Å². The molecule has 17 heavy (non-hydrogen) atoms. The third-order valence-electron chi connectivity index (χ3n) is 2.80. The Balaban J connectivity index is 2.72. The molecule has 0 spiro atoms. The van der Waals surface area contributed by atoms with E-state index in [1.807, 2.05) is 0 Å². The highest BCUT2D eigenvalue weighted by Gasteiger charge is 2.34. The monoisotopic (exact) mass is 253 g/mol. The first kappa shape index (κ1) is 11.9. The molecule has 6 heteroatoms. The highest BCUT2D eigenvalue weighted by molar-refractivity contribution is 6.29. The second-order valence-electron chi connectivity index (χ2n) is 4.40. The fourth-order valence-corrected chi connectivity index (χ4v) is 1.85. The van der Waals surface area contributed by atoms with E-state index < -0.39 is 11.4 Å². The maximum atomic E-state index is 11.2. The third kappa shape index (κ3) is 1.76. The van der Waals surface area contributed by atoms with Crippen molar-refractivity contribution in [3.8, 4) is 0 Å². The van der Waals surface area contributed by atoms with Gasteiger partial charge in [0, 0.05) is 0 Å². The largest absolute Gasteiger partial charge is 0.481 e. The third-order valence-corrected chi connectivity index (χ3v) is 3.00. The molecule has 2 aromatic heterocycles. The normalized spacial score (nSPS) is 12.0. The Labute approximate surface area is 103 Å². The zero-order chi connectivity index (χ0) is 12.8. The fraction of sp³-hybridized carbons (Fsp3) is 0.364. The van der Waals surface area contributed by atoms with Crippen LogP contribution in [0.4, 0.5) is 0 Å². The van der Waals surface area contributed by atoms with E-state index in [0.717, 1.165) is 0 Å². The number of imidazole rings is 1. The molecule has 0 fully saturated rings. The van der Waals surface area contributed by atoms with E-state index >= 15 is 0 Å². The Morgan fingerprint density at radius 1 is 1.47 bits per heavy atom. The first-order chi connectivity index (χ1) is 7.84. The summed E-state index contributed by atoms with van der Waals surface area (Å²) in [6, 6.07) is 3.34. The number of hydrogen-bond acceptors (Lipinski definition) is 3. The standard InChI is InChI=1S/C11H12ClN3O2/c1-6-9(11(2,3)10(16)17)13-8-5-4-7(12)14-15(6)8/h4-5H,1-3H3,(H,16,17). The topological polar surface area (TPSA) is 67.5 Å². The lowest BCUT2D eigenvalue weighted by atomic mass is 9.88. The van der Waals surface area contributed by atoms with Crippen LogP contribution in [0.25, 0.3) is 5.65 Å². The van der Waals surface area contributed by atoms with Crippen molar-refractivity contribution in [1.82, 2.24) is 14.6 Å². The minimum Gasteiger partial charge on any atom is -0.481 e. The predicted molar refractivity (Wildman–Crippen MR) is 63.4 cm³/mol. The van der Waals surface area contributed by atoms with Gasteiger partial charge in [0.15, 0.2) is 5.65 Å². The van der Waals surface area contributed by atoms with E-state index in [0.29, 0.717) is 22.2 Å². The first-order valence-electron chi connectivity index (χ1n) is 5.10. The molecule has 0 bridgehead atoms. The molecule has 0 aliphatic rings. The van der Waals surface area contributed by atoms with E-state index in [1.165, 1.54) is 0 Å². The minimum absolute atomic E-state index is 0.345. The number of aliphatic carboxylic acids is 1. The fourth-order valence-electron chi connectivity index (χ4n) is 1.71. The van der Waals surface area contributed by atoms with Crippen molar-refractivity contribution in [3.63, 3.8) is 0 Å². The van der Waals surface area contributed by atoms with Gasteiger partial charge in [-0.05, 0) is 32.9 Å². The number of hydrogen-bond donors (Lipinski definition) is 1. The summed E-state index contributed by atoms with van der Waals surface area (Å²) < 4.78 is 1.56. The Morgan fingerprint density at radius 3 is 2.71 bits per heavy atom. The Hall–Kier alpha value is -1.62. The molecule has 0 aliphatic heterocycles. The smallest absolute Gasteiger partial charge is 0.315 e. The number of carboxylic acid groups (broad SMARTS) is 1. The number of carboxylic acids is 1. The average Bonchev–Trinajstić information content (AvgIpc) is 2.56. The van der Waals surface area contributed by atoms with E-state index in [2.05, 4.69) is 10.1 Å². The molecule has 0 aliphatic carbocycles. The van der Waals surface area contributed by atoms with Crippen molar-refractivity contribution in [2.75, 3.05) is 0 Å². The zero-order valence-corrected chi connectivity index (χ0v) is 10.5. The number of halogens is 1. The Kier molecular flexibility index (Phi) is 2.58. The molecule has 2 heterocycles. The summed E-state index contributed by atoms with van der Waals surface area (Å²) in [5, 5.41) is 13.6. The molecule has 2 rings (SSSR count). The molecule has 0 amide bonds. The van der Waals surface area contributed by atoms with E-state index in [-0.39, 0.29) is 0 Å². The van der Waals surface area contributed by atoms with Crippen LogP contribution >= 0.6 is 11.6 Å². The maximum absolute atomic E-state index is 11.2. The van der Waals surface area contributed by atoms with Crippen molar-refractivity contribution in [2.45, 2.75) is 26.2 Å². The molecule has 0 radical (unpaired) electrons. The Bertz CT molecular complexity index is 604. The van der Waals surface area contributed by atoms with Gasteiger partial charge in [-0.3, -0.25) is 4.79 Å². The van der Waals surface area contributed by atoms with Crippen LogP contribution in [0.2, 0.25) is 5.15 Å². The average molecular weight is 254 g/mol. The molecule has 1 N–H and O–H groups in total. The van der Waals surface area contributed by atoms with Gasteiger partial charge in [-0.25, -0.2) is 9.50 Å². The van der Waals surface area contributed by atoms with Crippen LogP contribution in [-0.4, -0.2) is 25.7 Å². The molecule has 0 saturated heterocycles. The summed E-state index contributed by atoms with van der Waals surface area (Å²) in [5.41, 5.74) is 0.732. The molecule has 0 atom stereocenters. The molecule has 5 nitrogen and oxygen atoms in total. The van der Waals surface area contributed by atoms with Crippen molar-refractivity contribution in [3.05, 3.63) is 28.7 Å². The molecule has 0 saturated carbocycles. The Morgan fingerprint density at radius 2 is 2.12 bits per heavy atom. The molecular weight excluding hydrogens is 242 g/mol. The molecule has 0 aromatic carbocycles. The van der Waals surface area contributed by atoms with Crippen LogP contribution in [-0.2, 0) is 10.2 Å². The molecular formula is C11H12ClN3O2. The lowest BCUT2D eigenvalue weighted by Gasteiger charge is -2.17. The summed E-state index contributed by atoms with van der Waals surface area (Å²) in [4.78, 5) is 15.5. The van der Waals surface area contributed by atoms with Gasteiger partial charge in [-0.1, -0.05) is 11.6 Å². The van der Waals surface area contributed by atoms with Crippen LogP contribution in [0.15, 0.2) is 12.1 Å². The highest BCUT2D eigenvalue weighted by atomic mass is 35.5. The van der Waals surface area contributed by atoms with Gasteiger partial charge in [0.05, 0.1) is 11.4 Å². The molecule has 0 unspecified atom stereocenters. The van der Waals surface area contributed by atoms with Crippen molar-refractivity contribution >= 4 is 23.2 Å². The second kappa shape index (κ2) is 3.70. The van der Waals surface area contributed by atoms with E-state index in [9.17, 15) is 9.90 Å². The maximum Gasteiger partial charge on any atom is 0.315 e. The number of rotatable bonds is 2. The van der Waals surface area contributed by atoms with Crippen LogP contribution < -0.4 is 0 Å². The van der Waals surface area contributed by atoms with Gasteiger partial charge in [0.1, 0.15) is 10.6 Å². The minimum atomic E-state index is -1.05. The second-order valence-corrected chi connectivity index (χ2v) is 4.79. The molecule has 2 aromatic rings. The van der Waals surface area contributed by atoms with E-state index in [4.69, 9.17) is 11.6 Å².